The van der Waals surface area contributed by atoms with E-state index in [9.17, 15) is 4.39 Å². The van der Waals surface area contributed by atoms with Crippen molar-refractivity contribution in [2.45, 2.75) is 13.3 Å². The van der Waals surface area contributed by atoms with Gasteiger partial charge in [-0.15, -0.1) is 0 Å². The van der Waals surface area contributed by atoms with Crippen LogP contribution in [0.1, 0.15) is 12.5 Å². The second-order valence-corrected chi connectivity index (χ2v) is 3.12. The summed E-state index contributed by atoms with van der Waals surface area (Å²) in [7, 11) is 0. The van der Waals surface area contributed by atoms with E-state index in [4.69, 9.17) is 5.11 Å². The summed E-state index contributed by atoms with van der Waals surface area (Å²) < 4.78 is 12.5. The highest BCUT2D eigenvalue weighted by Gasteiger charge is 2.01. The van der Waals surface area contributed by atoms with E-state index in [0.717, 1.165) is 12.0 Å². The lowest BCUT2D eigenvalue weighted by Crippen LogP contribution is -2.04. The summed E-state index contributed by atoms with van der Waals surface area (Å²) in [6, 6.07) is 6.39. The van der Waals surface area contributed by atoms with Crippen molar-refractivity contribution in [3.8, 4) is 0 Å². The molecule has 0 fully saturated rings. The minimum Gasteiger partial charge on any atom is -0.396 e. The van der Waals surface area contributed by atoms with Gasteiger partial charge in [0.05, 0.1) is 0 Å². The van der Waals surface area contributed by atoms with Crippen molar-refractivity contribution in [3.63, 3.8) is 0 Å². The second kappa shape index (κ2) is 4.21. The molecule has 66 valence electrons. The van der Waals surface area contributed by atoms with Gasteiger partial charge in [0.25, 0.3) is 0 Å². The third-order valence-electron chi connectivity index (χ3n) is 1.81. The van der Waals surface area contributed by atoms with Gasteiger partial charge in [0.2, 0.25) is 0 Å². The largest absolute Gasteiger partial charge is 0.396 e. The fourth-order valence-electron chi connectivity index (χ4n) is 1.09. The molecule has 0 bridgehead atoms. The van der Waals surface area contributed by atoms with Crippen LogP contribution in [0.25, 0.3) is 0 Å². The van der Waals surface area contributed by atoms with Gasteiger partial charge in [0.15, 0.2) is 0 Å². The number of hydrogen-bond acceptors (Lipinski definition) is 1. The van der Waals surface area contributed by atoms with Crippen LogP contribution < -0.4 is 0 Å². The van der Waals surface area contributed by atoms with Crippen LogP contribution in [0.4, 0.5) is 4.39 Å². The summed E-state index contributed by atoms with van der Waals surface area (Å²) >= 11 is 0. The number of hydrogen-bond donors (Lipinski definition) is 1. The van der Waals surface area contributed by atoms with Crippen LogP contribution in [0.15, 0.2) is 24.3 Å². The summed E-state index contributed by atoms with van der Waals surface area (Å²) in [5.74, 6) is 0.0332. The Bertz CT molecular complexity index is 230. The SMILES string of the molecule is CC(CO)Cc1ccc(F)cc1. The van der Waals surface area contributed by atoms with E-state index in [0.29, 0.717) is 0 Å². The number of aliphatic hydroxyl groups is 1. The van der Waals surface area contributed by atoms with Gasteiger partial charge in [-0.2, -0.15) is 0 Å². The number of halogens is 1. The number of rotatable bonds is 3. The Morgan fingerprint density at radius 1 is 1.33 bits per heavy atom. The maximum absolute atomic E-state index is 12.5. The van der Waals surface area contributed by atoms with Crippen molar-refractivity contribution in [2.75, 3.05) is 6.61 Å². The van der Waals surface area contributed by atoms with Crippen molar-refractivity contribution in [3.05, 3.63) is 35.6 Å². The van der Waals surface area contributed by atoms with Crippen molar-refractivity contribution in [2.24, 2.45) is 5.92 Å². The van der Waals surface area contributed by atoms with Crippen molar-refractivity contribution in [1.29, 1.82) is 0 Å². The molecule has 0 saturated carbocycles. The molecule has 0 aliphatic carbocycles. The Hall–Kier alpha value is -0.890. The average molecular weight is 168 g/mol. The Labute approximate surface area is 71.9 Å². The van der Waals surface area contributed by atoms with Crippen molar-refractivity contribution in [1.82, 2.24) is 0 Å². The fraction of sp³-hybridized carbons (Fsp3) is 0.400. The minimum atomic E-state index is -0.213. The van der Waals surface area contributed by atoms with Crippen LogP contribution in [0.3, 0.4) is 0 Å². The molecule has 0 amide bonds. The third kappa shape index (κ3) is 2.62. The molecule has 0 spiro atoms. The van der Waals surface area contributed by atoms with Gasteiger partial charge < -0.3 is 5.11 Å². The van der Waals surface area contributed by atoms with Crippen LogP contribution in [-0.4, -0.2) is 11.7 Å². The zero-order valence-electron chi connectivity index (χ0n) is 7.13. The van der Waals surface area contributed by atoms with Crippen LogP contribution in [0.5, 0.6) is 0 Å². The maximum Gasteiger partial charge on any atom is 0.123 e. The molecule has 2 heteroatoms. The number of aliphatic hydroxyl groups excluding tert-OH is 1. The average Bonchev–Trinajstić information content (AvgIpc) is 2.09. The molecule has 1 aromatic rings. The Morgan fingerprint density at radius 2 is 1.92 bits per heavy atom. The molecule has 1 aromatic carbocycles. The first-order valence-corrected chi connectivity index (χ1v) is 4.07. The molecule has 1 atom stereocenters. The predicted molar refractivity (Wildman–Crippen MR) is 46.4 cm³/mol. The standard InChI is InChI=1S/C10H13FO/c1-8(7-12)6-9-2-4-10(11)5-3-9/h2-5,8,12H,6-7H2,1H3. The molecule has 0 saturated heterocycles. The molecule has 0 radical (unpaired) electrons. The second-order valence-electron chi connectivity index (χ2n) is 3.12. The highest BCUT2D eigenvalue weighted by Crippen LogP contribution is 2.08. The van der Waals surface area contributed by atoms with Crippen molar-refractivity contribution >= 4 is 0 Å². The van der Waals surface area contributed by atoms with Gasteiger partial charge in [-0.05, 0) is 30.0 Å². The van der Waals surface area contributed by atoms with Crippen LogP contribution in [0, 0.1) is 11.7 Å². The molecule has 1 unspecified atom stereocenters. The monoisotopic (exact) mass is 168 g/mol. The molecule has 0 aliphatic rings. The smallest absolute Gasteiger partial charge is 0.123 e. The topological polar surface area (TPSA) is 20.2 Å². The Kier molecular flexibility index (Phi) is 3.23. The zero-order valence-corrected chi connectivity index (χ0v) is 7.13. The summed E-state index contributed by atoms with van der Waals surface area (Å²) in [5.41, 5.74) is 1.07. The Balaban J connectivity index is 2.58. The van der Waals surface area contributed by atoms with E-state index in [-0.39, 0.29) is 18.3 Å². The van der Waals surface area contributed by atoms with Gasteiger partial charge in [-0.1, -0.05) is 19.1 Å². The van der Waals surface area contributed by atoms with Gasteiger partial charge >= 0.3 is 0 Å². The molecule has 1 nitrogen and oxygen atoms in total. The first kappa shape index (κ1) is 9.20. The first-order valence-electron chi connectivity index (χ1n) is 4.07. The first-order chi connectivity index (χ1) is 5.72. The van der Waals surface area contributed by atoms with E-state index in [1.54, 1.807) is 12.1 Å². The van der Waals surface area contributed by atoms with E-state index in [1.165, 1.54) is 12.1 Å². The van der Waals surface area contributed by atoms with Gasteiger partial charge in [-0.25, -0.2) is 4.39 Å². The summed E-state index contributed by atoms with van der Waals surface area (Å²) in [5, 5.41) is 8.78. The molecular formula is C10H13FO. The summed E-state index contributed by atoms with van der Waals surface area (Å²) in [4.78, 5) is 0. The highest BCUT2D eigenvalue weighted by atomic mass is 19.1. The molecule has 0 aliphatic heterocycles. The molecule has 12 heavy (non-hydrogen) atoms. The minimum absolute atomic E-state index is 0.178. The molecule has 0 heterocycles. The fourth-order valence-corrected chi connectivity index (χ4v) is 1.09. The van der Waals surface area contributed by atoms with E-state index >= 15 is 0 Å². The van der Waals surface area contributed by atoms with Gasteiger partial charge in [-0.3, -0.25) is 0 Å². The van der Waals surface area contributed by atoms with Crippen molar-refractivity contribution < 1.29 is 9.50 Å². The van der Waals surface area contributed by atoms with Crippen LogP contribution in [-0.2, 0) is 6.42 Å². The molecule has 1 rings (SSSR count). The van der Waals surface area contributed by atoms with E-state index in [2.05, 4.69) is 0 Å². The molecule has 1 N–H and O–H groups in total. The normalized spacial score (nSPS) is 12.9. The third-order valence-corrected chi connectivity index (χ3v) is 1.81. The number of benzene rings is 1. The predicted octanol–water partition coefficient (Wildman–Crippen LogP) is 2.00. The quantitative estimate of drug-likeness (QED) is 0.731. The maximum atomic E-state index is 12.5. The molecule has 0 aromatic heterocycles. The van der Waals surface area contributed by atoms with Crippen LogP contribution >= 0.6 is 0 Å². The van der Waals surface area contributed by atoms with Gasteiger partial charge in [0.1, 0.15) is 5.82 Å². The molecular weight excluding hydrogens is 155 g/mol. The summed E-state index contributed by atoms with van der Waals surface area (Å²) in [6.45, 7) is 2.14. The lowest BCUT2D eigenvalue weighted by Gasteiger charge is -2.06. The summed E-state index contributed by atoms with van der Waals surface area (Å²) in [6.07, 6.45) is 0.802. The lowest BCUT2D eigenvalue weighted by atomic mass is 10.0. The lowest BCUT2D eigenvalue weighted by molar-refractivity contribution is 0.237. The highest BCUT2D eigenvalue weighted by molar-refractivity contribution is 5.16. The zero-order chi connectivity index (χ0) is 8.97. The Morgan fingerprint density at radius 3 is 2.42 bits per heavy atom. The van der Waals surface area contributed by atoms with Gasteiger partial charge in [0, 0.05) is 6.61 Å². The van der Waals surface area contributed by atoms with E-state index in [1.807, 2.05) is 6.92 Å². The van der Waals surface area contributed by atoms with Crippen LogP contribution in [0.2, 0.25) is 0 Å². The van der Waals surface area contributed by atoms with E-state index < -0.39 is 0 Å².